The van der Waals surface area contributed by atoms with Gasteiger partial charge in [0.05, 0.1) is 24.7 Å². The van der Waals surface area contributed by atoms with Gasteiger partial charge in [-0.1, -0.05) is 54.6 Å². The number of hydrogen-bond acceptors (Lipinski definition) is 3. The van der Waals surface area contributed by atoms with Gasteiger partial charge in [-0.15, -0.1) is 0 Å². The minimum atomic E-state index is -0.248. The molecule has 1 aliphatic carbocycles. The average Bonchev–Trinajstić information content (AvgIpc) is 3.48. The molecule has 0 aliphatic heterocycles. The lowest BCUT2D eigenvalue weighted by Crippen LogP contribution is -2.25. The molecule has 3 rings (SSSR count). The van der Waals surface area contributed by atoms with Crippen LogP contribution >= 0.6 is 0 Å². The molecule has 1 fully saturated rings. The Kier molecular flexibility index (Phi) is 5.53. The van der Waals surface area contributed by atoms with E-state index < -0.39 is 0 Å². The number of methoxy groups -OCH3 is 1. The van der Waals surface area contributed by atoms with Gasteiger partial charge in [0.2, 0.25) is 0 Å². The third-order valence-corrected chi connectivity index (χ3v) is 5.26. The van der Waals surface area contributed by atoms with Gasteiger partial charge in [-0.25, -0.2) is 0 Å². The summed E-state index contributed by atoms with van der Waals surface area (Å²) in [7, 11) is 1.45. The first-order chi connectivity index (χ1) is 12.7. The molecule has 0 amide bonds. The van der Waals surface area contributed by atoms with E-state index in [9.17, 15) is 4.79 Å². The number of hydrogen-bond donors (Lipinski definition) is 0. The largest absolute Gasteiger partial charge is 0.469 e. The number of carbonyl (C=O) groups is 1. The van der Waals surface area contributed by atoms with E-state index in [-0.39, 0.29) is 17.3 Å². The summed E-state index contributed by atoms with van der Waals surface area (Å²) < 4.78 is 5.08. The quantitative estimate of drug-likeness (QED) is 0.679. The molecule has 1 unspecified atom stereocenters. The van der Waals surface area contributed by atoms with Gasteiger partial charge in [-0.2, -0.15) is 5.26 Å². The van der Waals surface area contributed by atoms with Gasteiger partial charge >= 0.3 is 5.97 Å². The maximum atomic E-state index is 12.4. The van der Waals surface area contributed by atoms with E-state index in [1.165, 1.54) is 12.7 Å². The Hall–Kier alpha value is -2.86. The summed E-state index contributed by atoms with van der Waals surface area (Å²) in [6.07, 6.45) is 7.92. The Morgan fingerprint density at radius 3 is 2.65 bits per heavy atom. The van der Waals surface area contributed by atoms with Crippen LogP contribution in [0.25, 0.3) is 6.08 Å². The van der Waals surface area contributed by atoms with Gasteiger partial charge in [-0.3, -0.25) is 4.79 Å². The third-order valence-electron chi connectivity index (χ3n) is 5.26. The molecule has 1 aliphatic rings. The summed E-state index contributed by atoms with van der Waals surface area (Å²) in [5.41, 5.74) is 2.84. The summed E-state index contributed by atoms with van der Waals surface area (Å²) >= 11 is 0. The van der Waals surface area contributed by atoms with E-state index in [0.717, 1.165) is 31.2 Å². The van der Waals surface area contributed by atoms with Crippen molar-refractivity contribution in [3.05, 3.63) is 77.4 Å². The average molecular weight is 345 g/mol. The van der Waals surface area contributed by atoms with Crippen molar-refractivity contribution in [2.75, 3.05) is 7.11 Å². The first kappa shape index (κ1) is 17.9. The van der Waals surface area contributed by atoms with E-state index in [1.807, 2.05) is 36.4 Å². The van der Waals surface area contributed by atoms with Crippen molar-refractivity contribution in [1.29, 1.82) is 5.26 Å². The Labute approximate surface area is 154 Å². The molecular weight excluding hydrogens is 322 g/mol. The monoisotopic (exact) mass is 345 g/mol. The van der Waals surface area contributed by atoms with Gasteiger partial charge in [-0.05, 0) is 54.4 Å². The van der Waals surface area contributed by atoms with E-state index in [2.05, 4.69) is 30.3 Å². The SMILES string of the molecule is COC(=O)C(/C=C/c1cccc(C#N)c1)C1(CCc2ccccc2)CC1. The highest BCUT2D eigenvalue weighted by Gasteiger charge is 2.51. The molecule has 0 saturated heterocycles. The van der Waals surface area contributed by atoms with Crippen molar-refractivity contribution in [1.82, 2.24) is 0 Å². The van der Waals surface area contributed by atoms with Crippen LogP contribution in [0, 0.1) is 22.7 Å². The Bertz CT molecular complexity index is 829. The van der Waals surface area contributed by atoms with Crippen LogP contribution in [0.4, 0.5) is 0 Å². The van der Waals surface area contributed by atoms with Crippen molar-refractivity contribution >= 4 is 12.0 Å². The van der Waals surface area contributed by atoms with Gasteiger partial charge in [0.15, 0.2) is 0 Å². The molecule has 0 bridgehead atoms. The van der Waals surface area contributed by atoms with Crippen molar-refractivity contribution in [2.24, 2.45) is 11.3 Å². The lowest BCUT2D eigenvalue weighted by Gasteiger charge is -2.22. The highest BCUT2D eigenvalue weighted by atomic mass is 16.5. The van der Waals surface area contributed by atoms with Crippen LogP contribution in [0.3, 0.4) is 0 Å². The van der Waals surface area contributed by atoms with Gasteiger partial charge in [0.1, 0.15) is 0 Å². The predicted molar refractivity (Wildman–Crippen MR) is 102 cm³/mol. The zero-order valence-electron chi connectivity index (χ0n) is 15.0. The maximum Gasteiger partial charge on any atom is 0.313 e. The number of carbonyl (C=O) groups excluding carboxylic acids is 1. The first-order valence-corrected chi connectivity index (χ1v) is 8.97. The van der Waals surface area contributed by atoms with Crippen LogP contribution in [0.15, 0.2) is 60.7 Å². The van der Waals surface area contributed by atoms with E-state index in [1.54, 1.807) is 6.07 Å². The normalized spacial score (nSPS) is 16.0. The van der Waals surface area contributed by atoms with Crippen LogP contribution in [-0.2, 0) is 16.0 Å². The third kappa shape index (κ3) is 4.21. The summed E-state index contributed by atoms with van der Waals surface area (Å²) in [5.74, 6) is -0.426. The second-order valence-corrected chi connectivity index (χ2v) is 6.95. The van der Waals surface area contributed by atoms with Crippen molar-refractivity contribution in [3.8, 4) is 6.07 Å². The Morgan fingerprint density at radius 2 is 2.00 bits per heavy atom. The number of nitriles is 1. The molecule has 0 radical (unpaired) electrons. The molecule has 0 aromatic heterocycles. The zero-order chi connectivity index (χ0) is 18.4. The zero-order valence-corrected chi connectivity index (χ0v) is 15.0. The lowest BCUT2D eigenvalue weighted by molar-refractivity contribution is -0.146. The first-order valence-electron chi connectivity index (χ1n) is 8.97. The van der Waals surface area contributed by atoms with E-state index in [4.69, 9.17) is 10.00 Å². The van der Waals surface area contributed by atoms with Crippen LogP contribution in [0.1, 0.15) is 36.0 Å². The molecule has 26 heavy (non-hydrogen) atoms. The molecule has 2 aromatic rings. The summed E-state index contributed by atoms with van der Waals surface area (Å²) in [6.45, 7) is 0. The van der Waals surface area contributed by atoms with Crippen LogP contribution < -0.4 is 0 Å². The molecule has 0 N–H and O–H groups in total. The van der Waals surface area contributed by atoms with Gasteiger partial charge < -0.3 is 4.74 Å². The topological polar surface area (TPSA) is 50.1 Å². The van der Waals surface area contributed by atoms with Crippen LogP contribution in [0.5, 0.6) is 0 Å². The Morgan fingerprint density at radius 1 is 1.23 bits per heavy atom. The molecule has 132 valence electrons. The van der Waals surface area contributed by atoms with Crippen molar-refractivity contribution in [2.45, 2.75) is 25.7 Å². The highest BCUT2D eigenvalue weighted by molar-refractivity contribution is 5.77. The minimum absolute atomic E-state index is 0.00767. The molecule has 3 heteroatoms. The smallest absolute Gasteiger partial charge is 0.313 e. The van der Waals surface area contributed by atoms with Crippen LogP contribution in [-0.4, -0.2) is 13.1 Å². The number of rotatable bonds is 7. The Balaban J connectivity index is 1.76. The second-order valence-electron chi connectivity index (χ2n) is 6.95. The fourth-order valence-electron chi connectivity index (χ4n) is 3.49. The van der Waals surface area contributed by atoms with E-state index >= 15 is 0 Å². The maximum absolute atomic E-state index is 12.4. The van der Waals surface area contributed by atoms with Crippen molar-refractivity contribution < 1.29 is 9.53 Å². The standard InChI is InChI=1S/C23H23NO2/c1-26-22(25)21(11-10-19-8-5-9-20(16-19)17-24)23(14-15-23)13-12-18-6-3-2-4-7-18/h2-11,16,21H,12-15H2,1H3/b11-10+. The van der Waals surface area contributed by atoms with Gasteiger partial charge in [0.25, 0.3) is 0 Å². The predicted octanol–water partition coefficient (Wildman–Crippen LogP) is 4.77. The molecule has 0 spiro atoms. The molecular formula is C23H23NO2. The van der Waals surface area contributed by atoms with E-state index in [0.29, 0.717) is 5.56 Å². The van der Waals surface area contributed by atoms with Crippen LogP contribution in [0.2, 0.25) is 0 Å². The highest BCUT2D eigenvalue weighted by Crippen LogP contribution is 2.56. The molecule has 0 heterocycles. The fraction of sp³-hybridized carbons (Fsp3) is 0.304. The summed E-state index contributed by atoms with van der Waals surface area (Å²) in [4.78, 5) is 12.4. The number of esters is 1. The molecule has 2 aromatic carbocycles. The lowest BCUT2D eigenvalue weighted by atomic mass is 9.83. The second kappa shape index (κ2) is 8.01. The number of aryl methyl sites for hydroxylation is 1. The number of nitrogens with zero attached hydrogens (tertiary/aromatic N) is 1. The molecule has 3 nitrogen and oxygen atoms in total. The fourth-order valence-corrected chi connectivity index (χ4v) is 3.49. The molecule has 1 atom stereocenters. The molecule has 1 saturated carbocycles. The minimum Gasteiger partial charge on any atom is -0.469 e. The summed E-state index contributed by atoms with van der Waals surface area (Å²) in [6, 6.07) is 19.9. The van der Waals surface area contributed by atoms with Gasteiger partial charge in [0, 0.05) is 0 Å². The van der Waals surface area contributed by atoms with Crippen molar-refractivity contribution in [3.63, 3.8) is 0 Å². The number of benzene rings is 2. The number of ether oxygens (including phenoxy) is 1. The summed E-state index contributed by atoms with van der Waals surface area (Å²) in [5, 5.41) is 9.03.